The Morgan fingerprint density at radius 2 is 1.97 bits per heavy atom. The number of nitrogens with zero attached hydrogens (tertiary/aromatic N) is 5. The predicted octanol–water partition coefficient (Wildman–Crippen LogP) is -0.905. The van der Waals surface area contributed by atoms with Crippen molar-refractivity contribution in [2.24, 2.45) is 5.92 Å². The number of anilines is 1. The zero-order valence-electron chi connectivity index (χ0n) is 17.9. The topological polar surface area (TPSA) is 205 Å². The fourth-order valence-corrected chi connectivity index (χ4v) is 3.95. The first-order chi connectivity index (χ1) is 15.7. The van der Waals surface area contributed by atoms with Gasteiger partial charge in [-0.05, 0) is 12.8 Å². The molecule has 0 fully saturated rings. The van der Waals surface area contributed by atoms with Gasteiger partial charge in [0.1, 0.15) is 0 Å². The first kappa shape index (κ1) is 26.5. The number of nitrogens with two attached hydrogens (primary N) is 1. The van der Waals surface area contributed by atoms with E-state index in [0.29, 0.717) is 17.2 Å². The van der Waals surface area contributed by atoms with E-state index in [2.05, 4.69) is 25.8 Å². The molecule has 33 heavy (non-hydrogen) atoms. The van der Waals surface area contributed by atoms with E-state index in [0.717, 1.165) is 27.8 Å². The molecule has 17 heteroatoms. The van der Waals surface area contributed by atoms with Crippen LogP contribution in [0.2, 0.25) is 0 Å². The summed E-state index contributed by atoms with van der Waals surface area (Å²) in [6.07, 6.45) is 2.42. The third-order valence-corrected chi connectivity index (χ3v) is 6.18. The molecule has 0 spiro atoms. The van der Waals surface area contributed by atoms with Crippen LogP contribution in [0.3, 0.4) is 0 Å². The van der Waals surface area contributed by atoms with Crippen molar-refractivity contribution < 1.29 is 33.9 Å². The van der Waals surface area contributed by atoms with Crippen LogP contribution in [-0.4, -0.2) is 78.7 Å². The molecule has 0 aliphatic carbocycles. The van der Waals surface area contributed by atoms with Gasteiger partial charge in [0.15, 0.2) is 10.0 Å². The third kappa shape index (κ3) is 8.60. The zero-order valence-corrected chi connectivity index (χ0v) is 19.5. The second kappa shape index (κ2) is 13.1. The Hall–Kier alpha value is -2.76. The third-order valence-electron chi connectivity index (χ3n) is 4.30. The lowest BCUT2D eigenvalue weighted by Crippen LogP contribution is -2.49. The molecule has 2 aromatic rings. The van der Waals surface area contributed by atoms with Gasteiger partial charge in [-0.15, -0.1) is 15.3 Å². The maximum atomic E-state index is 12.1. The lowest BCUT2D eigenvalue weighted by molar-refractivity contribution is -0.157. The number of aromatic nitrogens is 5. The van der Waals surface area contributed by atoms with Gasteiger partial charge < -0.3 is 30.6 Å². The highest BCUT2D eigenvalue weighted by molar-refractivity contribution is 8.01. The SMILES string of the molecule is CCC(CC)C(=O)OCOC(=O)c1cn(CC(NC(=O)CSc2nnc(N)s2)B(O)O)nn1. The molecule has 0 saturated heterocycles. The van der Waals surface area contributed by atoms with Crippen molar-refractivity contribution >= 4 is 53.2 Å². The fourth-order valence-electron chi connectivity index (χ4n) is 2.51. The summed E-state index contributed by atoms with van der Waals surface area (Å²) < 4.78 is 11.4. The lowest BCUT2D eigenvalue weighted by atomic mass is 9.79. The molecule has 0 aliphatic rings. The molecule has 0 saturated carbocycles. The molecule has 0 bridgehead atoms. The Morgan fingerprint density at radius 1 is 1.24 bits per heavy atom. The summed E-state index contributed by atoms with van der Waals surface area (Å²) in [6, 6.07) is 0. The summed E-state index contributed by atoms with van der Waals surface area (Å²) in [5.74, 6) is -3.29. The molecule has 2 aromatic heterocycles. The quantitative estimate of drug-likeness (QED) is 0.114. The number of nitrogen functional groups attached to an aromatic ring is 1. The fraction of sp³-hybridized carbons (Fsp3) is 0.562. The number of rotatable bonds is 13. The molecule has 2 heterocycles. The number of hydrogen-bond acceptors (Lipinski definition) is 14. The standard InChI is InChI=1S/C16H24BN7O7S2/c1-3-9(4-2)13(26)30-8-31-14(27)10-5-24(23-20-10)6-11(17(28)29)19-12(25)7-32-16-22-21-15(18)33-16/h5,9,11,28-29H,3-4,6-8H2,1-2H3,(H2,18,21)(H,19,25). The van der Waals surface area contributed by atoms with Gasteiger partial charge in [0, 0.05) is 0 Å². The summed E-state index contributed by atoms with van der Waals surface area (Å²) in [4.78, 5) is 36.0. The van der Waals surface area contributed by atoms with Gasteiger partial charge in [-0.1, -0.05) is 42.2 Å². The van der Waals surface area contributed by atoms with Crippen molar-refractivity contribution in [1.29, 1.82) is 0 Å². The van der Waals surface area contributed by atoms with E-state index in [1.807, 2.05) is 13.8 Å². The predicted molar refractivity (Wildman–Crippen MR) is 118 cm³/mol. The van der Waals surface area contributed by atoms with E-state index in [1.165, 1.54) is 6.20 Å². The van der Waals surface area contributed by atoms with Crippen LogP contribution in [0.1, 0.15) is 37.2 Å². The summed E-state index contributed by atoms with van der Waals surface area (Å²) >= 11 is 2.21. The van der Waals surface area contributed by atoms with E-state index in [1.54, 1.807) is 0 Å². The second-order valence-electron chi connectivity index (χ2n) is 6.63. The molecule has 0 radical (unpaired) electrons. The Kier molecular flexibility index (Phi) is 10.5. The number of nitrogens with one attached hydrogen (secondary N) is 1. The van der Waals surface area contributed by atoms with Crippen LogP contribution in [-0.2, 0) is 25.6 Å². The van der Waals surface area contributed by atoms with Crippen molar-refractivity contribution in [1.82, 2.24) is 30.5 Å². The second-order valence-corrected chi connectivity index (χ2v) is 8.87. The summed E-state index contributed by atoms with van der Waals surface area (Å²) in [5, 5.41) is 36.6. The van der Waals surface area contributed by atoms with Gasteiger partial charge in [0.25, 0.3) is 0 Å². The maximum absolute atomic E-state index is 12.1. The molecule has 1 unspecified atom stereocenters. The van der Waals surface area contributed by atoms with E-state index in [-0.39, 0.29) is 29.0 Å². The summed E-state index contributed by atoms with van der Waals surface area (Å²) in [7, 11) is -1.90. The Morgan fingerprint density at radius 3 is 2.58 bits per heavy atom. The summed E-state index contributed by atoms with van der Waals surface area (Å²) in [5.41, 5.74) is 5.29. The number of amides is 1. The van der Waals surface area contributed by atoms with E-state index < -0.39 is 37.7 Å². The molecule has 0 aliphatic heterocycles. The Balaban J connectivity index is 1.83. The van der Waals surface area contributed by atoms with Crippen molar-refractivity contribution in [2.75, 3.05) is 18.3 Å². The van der Waals surface area contributed by atoms with Gasteiger partial charge in [0.05, 0.1) is 30.4 Å². The highest BCUT2D eigenvalue weighted by Gasteiger charge is 2.27. The number of esters is 2. The molecular weight excluding hydrogens is 477 g/mol. The van der Waals surface area contributed by atoms with Crippen LogP contribution in [0.15, 0.2) is 10.5 Å². The first-order valence-corrected chi connectivity index (χ1v) is 11.6. The largest absolute Gasteiger partial charge is 0.477 e. The van der Waals surface area contributed by atoms with Crippen LogP contribution in [0, 0.1) is 5.92 Å². The minimum absolute atomic E-state index is 0.0531. The average Bonchev–Trinajstić information content (AvgIpc) is 3.41. The Bertz CT molecular complexity index is 938. The molecule has 5 N–H and O–H groups in total. The van der Waals surface area contributed by atoms with Crippen molar-refractivity contribution in [2.45, 2.75) is 43.5 Å². The summed E-state index contributed by atoms with van der Waals surface area (Å²) in [6.45, 7) is 2.95. The monoisotopic (exact) mass is 501 g/mol. The Labute approximate surface area is 197 Å². The highest BCUT2D eigenvalue weighted by atomic mass is 32.2. The van der Waals surface area contributed by atoms with Crippen molar-refractivity contribution in [3.63, 3.8) is 0 Å². The minimum Gasteiger partial charge on any atom is -0.428 e. The molecule has 0 aromatic carbocycles. The van der Waals surface area contributed by atoms with Crippen LogP contribution < -0.4 is 11.1 Å². The number of thioether (sulfide) groups is 1. The number of hydrogen-bond donors (Lipinski definition) is 4. The number of carbonyl (C=O) groups is 3. The normalized spacial score (nSPS) is 11.8. The van der Waals surface area contributed by atoms with E-state index in [4.69, 9.17) is 15.2 Å². The van der Waals surface area contributed by atoms with Gasteiger partial charge >= 0.3 is 19.1 Å². The van der Waals surface area contributed by atoms with E-state index >= 15 is 0 Å². The molecule has 180 valence electrons. The average molecular weight is 501 g/mol. The van der Waals surface area contributed by atoms with Crippen LogP contribution in [0.5, 0.6) is 0 Å². The van der Waals surface area contributed by atoms with E-state index in [9.17, 15) is 24.4 Å². The zero-order chi connectivity index (χ0) is 24.4. The first-order valence-electron chi connectivity index (χ1n) is 9.84. The van der Waals surface area contributed by atoms with Gasteiger partial charge in [-0.2, -0.15) is 0 Å². The lowest BCUT2D eigenvalue weighted by Gasteiger charge is -2.17. The van der Waals surface area contributed by atoms with Crippen molar-refractivity contribution in [3.8, 4) is 0 Å². The maximum Gasteiger partial charge on any atom is 0.477 e. The molecule has 14 nitrogen and oxygen atoms in total. The van der Waals surface area contributed by atoms with Crippen LogP contribution in [0.4, 0.5) is 5.13 Å². The highest BCUT2D eigenvalue weighted by Crippen LogP contribution is 2.23. The smallest absolute Gasteiger partial charge is 0.428 e. The number of carbonyl (C=O) groups excluding carboxylic acids is 3. The molecule has 1 amide bonds. The van der Waals surface area contributed by atoms with Crippen LogP contribution >= 0.6 is 23.1 Å². The van der Waals surface area contributed by atoms with Crippen LogP contribution in [0.25, 0.3) is 0 Å². The van der Waals surface area contributed by atoms with Gasteiger partial charge in [-0.3, -0.25) is 14.3 Å². The van der Waals surface area contributed by atoms with Gasteiger partial charge in [0.2, 0.25) is 17.8 Å². The molecule has 2 rings (SSSR count). The molecule has 1 atom stereocenters. The minimum atomic E-state index is -1.90. The van der Waals surface area contributed by atoms with Crippen molar-refractivity contribution in [3.05, 3.63) is 11.9 Å². The molecular formula is C16H24BN7O7S2. The number of ether oxygens (including phenoxy) is 2. The van der Waals surface area contributed by atoms with Gasteiger partial charge in [-0.25, -0.2) is 4.79 Å².